The summed E-state index contributed by atoms with van der Waals surface area (Å²) >= 11 is 3.45. The van der Waals surface area contributed by atoms with Gasteiger partial charge in [-0.25, -0.2) is 4.39 Å². The lowest BCUT2D eigenvalue weighted by molar-refractivity contribution is -0.142. The SMILES string of the molecule is CCCNC(=O)[C@@H](Cc1ccccc1)N(Cc1ccccc1F)C(=O)COc1ccc(Br)c(C)c1. The second-order valence-electron chi connectivity index (χ2n) is 8.31. The van der Waals surface area contributed by atoms with Crippen molar-refractivity contribution in [2.24, 2.45) is 0 Å². The van der Waals surface area contributed by atoms with Crippen LogP contribution < -0.4 is 10.1 Å². The van der Waals surface area contributed by atoms with E-state index in [1.54, 1.807) is 24.3 Å². The molecule has 3 rings (SSSR count). The maximum absolute atomic E-state index is 14.6. The number of aryl methyl sites for hydroxylation is 1. The summed E-state index contributed by atoms with van der Waals surface area (Å²) in [6.45, 7) is 4.05. The first kappa shape index (κ1) is 26.4. The maximum Gasteiger partial charge on any atom is 0.261 e. The minimum atomic E-state index is -0.827. The zero-order chi connectivity index (χ0) is 25.2. The second kappa shape index (κ2) is 13.0. The van der Waals surface area contributed by atoms with Crippen LogP contribution in [0.15, 0.2) is 77.3 Å². The van der Waals surface area contributed by atoms with E-state index in [4.69, 9.17) is 4.74 Å². The molecule has 3 aromatic carbocycles. The zero-order valence-corrected chi connectivity index (χ0v) is 21.6. The third-order valence-electron chi connectivity index (χ3n) is 5.61. The quantitative estimate of drug-likeness (QED) is 0.352. The van der Waals surface area contributed by atoms with Crippen molar-refractivity contribution in [1.29, 1.82) is 0 Å². The molecule has 0 fully saturated rings. The molecule has 2 amide bonds. The number of amides is 2. The number of hydrogen-bond donors (Lipinski definition) is 1. The number of carbonyl (C=O) groups excluding carboxylic acids is 2. The van der Waals surface area contributed by atoms with Crippen molar-refractivity contribution in [1.82, 2.24) is 10.2 Å². The van der Waals surface area contributed by atoms with Crippen LogP contribution in [0.4, 0.5) is 4.39 Å². The summed E-state index contributed by atoms with van der Waals surface area (Å²) in [5.41, 5.74) is 2.21. The highest BCUT2D eigenvalue weighted by Crippen LogP contribution is 2.22. The Balaban J connectivity index is 1.90. The number of rotatable bonds is 11. The van der Waals surface area contributed by atoms with Crippen molar-refractivity contribution in [3.63, 3.8) is 0 Å². The largest absolute Gasteiger partial charge is 0.484 e. The zero-order valence-electron chi connectivity index (χ0n) is 20.0. The van der Waals surface area contributed by atoms with Crippen LogP contribution in [0.5, 0.6) is 5.75 Å². The molecule has 0 aliphatic carbocycles. The highest BCUT2D eigenvalue weighted by molar-refractivity contribution is 9.10. The van der Waals surface area contributed by atoms with Crippen LogP contribution in [-0.2, 0) is 22.6 Å². The first-order valence-corrected chi connectivity index (χ1v) is 12.4. The Labute approximate surface area is 214 Å². The smallest absolute Gasteiger partial charge is 0.261 e. The molecule has 184 valence electrons. The van der Waals surface area contributed by atoms with E-state index in [1.807, 2.05) is 56.3 Å². The third-order valence-corrected chi connectivity index (χ3v) is 6.50. The first-order chi connectivity index (χ1) is 16.9. The summed E-state index contributed by atoms with van der Waals surface area (Å²) < 4.78 is 21.3. The van der Waals surface area contributed by atoms with Gasteiger partial charge >= 0.3 is 0 Å². The molecule has 0 unspecified atom stereocenters. The van der Waals surface area contributed by atoms with Gasteiger partial charge in [-0.3, -0.25) is 9.59 Å². The van der Waals surface area contributed by atoms with Gasteiger partial charge in [-0.1, -0.05) is 71.4 Å². The van der Waals surface area contributed by atoms with Crippen LogP contribution in [0.2, 0.25) is 0 Å². The molecular formula is C28H30BrFN2O3. The molecule has 0 aliphatic rings. The Kier molecular flexibility index (Phi) is 9.85. The van der Waals surface area contributed by atoms with Gasteiger partial charge in [0.1, 0.15) is 17.6 Å². The van der Waals surface area contributed by atoms with Gasteiger partial charge in [0, 0.05) is 29.5 Å². The van der Waals surface area contributed by atoms with Gasteiger partial charge in [-0.15, -0.1) is 0 Å². The molecule has 0 aromatic heterocycles. The topological polar surface area (TPSA) is 58.6 Å². The predicted octanol–water partition coefficient (Wildman–Crippen LogP) is 5.44. The molecule has 35 heavy (non-hydrogen) atoms. The number of benzene rings is 3. The Morgan fingerprint density at radius 2 is 1.77 bits per heavy atom. The molecule has 0 aliphatic heterocycles. The fraction of sp³-hybridized carbons (Fsp3) is 0.286. The predicted molar refractivity (Wildman–Crippen MR) is 139 cm³/mol. The lowest BCUT2D eigenvalue weighted by Gasteiger charge is -2.31. The summed E-state index contributed by atoms with van der Waals surface area (Å²) in [5.74, 6) is -0.566. The fourth-order valence-electron chi connectivity index (χ4n) is 3.67. The summed E-state index contributed by atoms with van der Waals surface area (Å²) in [5, 5.41) is 2.90. The van der Waals surface area contributed by atoms with E-state index in [-0.39, 0.29) is 19.1 Å². The molecular weight excluding hydrogens is 511 g/mol. The van der Waals surface area contributed by atoms with Crippen molar-refractivity contribution < 1.29 is 18.7 Å². The number of halogens is 2. The molecule has 0 heterocycles. The summed E-state index contributed by atoms with van der Waals surface area (Å²) in [6, 6.07) is 20.4. The average Bonchev–Trinajstić information content (AvgIpc) is 2.86. The standard InChI is InChI=1S/C28H30BrFN2O3/c1-3-15-31-28(34)26(17-21-9-5-4-6-10-21)32(18-22-11-7-8-12-25(22)30)27(33)19-35-23-13-14-24(29)20(2)16-23/h4-14,16,26H,3,15,17-19H2,1-2H3,(H,31,34)/t26-/m1/s1. The van der Waals surface area contributed by atoms with E-state index in [9.17, 15) is 14.0 Å². The first-order valence-electron chi connectivity index (χ1n) is 11.6. The summed E-state index contributed by atoms with van der Waals surface area (Å²) in [6.07, 6.45) is 1.06. The van der Waals surface area contributed by atoms with Gasteiger partial charge in [0.15, 0.2) is 6.61 Å². The van der Waals surface area contributed by atoms with E-state index in [2.05, 4.69) is 21.2 Å². The summed E-state index contributed by atoms with van der Waals surface area (Å²) in [4.78, 5) is 28.1. The van der Waals surface area contributed by atoms with E-state index < -0.39 is 17.8 Å². The van der Waals surface area contributed by atoms with Crippen molar-refractivity contribution in [2.45, 2.75) is 39.3 Å². The molecule has 0 bridgehead atoms. The van der Waals surface area contributed by atoms with E-state index in [0.29, 0.717) is 24.3 Å². The molecule has 1 N–H and O–H groups in total. The highest BCUT2D eigenvalue weighted by atomic mass is 79.9. The Hall–Kier alpha value is -3.19. The number of carbonyl (C=O) groups is 2. The molecule has 7 heteroatoms. The van der Waals surface area contributed by atoms with Crippen LogP contribution in [-0.4, -0.2) is 35.9 Å². The van der Waals surface area contributed by atoms with Crippen molar-refractivity contribution >= 4 is 27.7 Å². The Morgan fingerprint density at radius 1 is 1.06 bits per heavy atom. The van der Waals surface area contributed by atoms with E-state index >= 15 is 0 Å². The van der Waals surface area contributed by atoms with Crippen LogP contribution >= 0.6 is 15.9 Å². The monoisotopic (exact) mass is 540 g/mol. The highest BCUT2D eigenvalue weighted by Gasteiger charge is 2.31. The molecule has 0 saturated heterocycles. The normalized spacial score (nSPS) is 11.5. The molecule has 0 saturated carbocycles. The van der Waals surface area contributed by atoms with Crippen molar-refractivity contribution in [2.75, 3.05) is 13.2 Å². The van der Waals surface area contributed by atoms with Crippen LogP contribution in [0.1, 0.15) is 30.0 Å². The van der Waals surface area contributed by atoms with Crippen molar-refractivity contribution in [3.8, 4) is 5.75 Å². The Morgan fingerprint density at radius 3 is 2.46 bits per heavy atom. The summed E-state index contributed by atoms with van der Waals surface area (Å²) in [7, 11) is 0. The van der Waals surface area contributed by atoms with Crippen molar-refractivity contribution in [3.05, 3.63) is 99.8 Å². The third kappa shape index (κ3) is 7.65. The van der Waals surface area contributed by atoms with Gasteiger partial charge in [0.05, 0.1) is 0 Å². The molecule has 3 aromatic rings. The number of nitrogens with zero attached hydrogens (tertiary/aromatic N) is 1. The van der Waals surface area contributed by atoms with Gasteiger partial charge in [0.25, 0.3) is 5.91 Å². The van der Waals surface area contributed by atoms with Crippen LogP contribution in [0.3, 0.4) is 0 Å². The van der Waals surface area contributed by atoms with Gasteiger partial charge < -0.3 is 15.0 Å². The molecule has 0 radical (unpaired) electrons. The van der Waals surface area contributed by atoms with Crippen LogP contribution in [0.25, 0.3) is 0 Å². The fourth-order valence-corrected chi connectivity index (χ4v) is 3.91. The average molecular weight is 541 g/mol. The Bertz CT molecular complexity index is 1140. The minimum absolute atomic E-state index is 0.0503. The van der Waals surface area contributed by atoms with Gasteiger partial charge in [-0.2, -0.15) is 0 Å². The molecule has 0 spiro atoms. The van der Waals surface area contributed by atoms with E-state index in [1.165, 1.54) is 11.0 Å². The lowest BCUT2D eigenvalue weighted by Crippen LogP contribution is -2.52. The van der Waals surface area contributed by atoms with Gasteiger partial charge in [0.2, 0.25) is 5.91 Å². The van der Waals surface area contributed by atoms with E-state index in [0.717, 1.165) is 22.0 Å². The number of nitrogens with one attached hydrogen (secondary N) is 1. The molecule has 5 nitrogen and oxygen atoms in total. The van der Waals surface area contributed by atoms with Crippen LogP contribution in [0, 0.1) is 12.7 Å². The molecule has 1 atom stereocenters. The maximum atomic E-state index is 14.6. The number of ether oxygens (including phenoxy) is 1. The second-order valence-corrected chi connectivity index (χ2v) is 9.16. The minimum Gasteiger partial charge on any atom is -0.484 e. The number of hydrogen-bond acceptors (Lipinski definition) is 3. The van der Waals surface area contributed by atoms with Gasteiger partial charge in [-0.05, 0) is 48.7 Å². The lowest BCUT2D eigenvalue weighted by atomic mass is 10.0.